The predicted octanol–water partition coefficient (Wildman–Crippen LogP) is 5.25. The van der Waals surface area contributed by atoms with E-state index in [1.807, 2.05) is 12.1 Å². The van der Waals surface area contributed by atoms with E-state index in [0.717, 1.165) is 15.7 Å². The summed E-state index contributed by atoms with van der Waals surface area (Å²) in [6.07, 6.45) is 1.71. The molecule has 2 aromatic rings. The Kier molecular flexibility index (Phi) is 6.11. The van der Waals surface area contributed by atoms with Gasteiger partial charge in [-0.1, -0.05) is 24.8 Å². The maximum Gasteiger partial charge on any atom is 0.175 e. The van der Waals surface area contributed by atoms with Gasteiger partial charge in [0.2, 0.25) is 0 Å². The third kappa shape index (κ3) is 4.29. The number of nitrogens with one attached hydrogen (secondary N) is 1. The molecule has 0 aliphatic heterocycles. The van der Waals surface area contributed by atoms with Crippen molar-refractivity contribution >= 4 is 21.6 Å². The predicted molar refractivity (Wildman–Crippen MR) is 99.6 cm³/mol. The van der Waals surface area contributed by atoms with Crippen LogP contribution in [0.25, 0.3) is 0 Å². The molecule has 0 amide bonds. The summed E-state index contributed by atoms with van der Waals surface area (Å²) >= 11 is 3.55. The molecule has 4 heteroatoms. The number of methoxy groups -OCH3 is 1. The Morgan fingerprint density at radius 2 is 2.04 bits per heavy atom. The molecule has 0 aliphatic carbocycles. The van der Waals surface area contributed by atoms with E-state index in [4.69, 9.17) is 9.47 Å². The highest BCUT2D eigenvalue weighted by atomic mass is 79.9. The Hall–Kier alpha value is -1.94. The number of ether oxygens (including phenoxy) is 2. The van der Waals surface area contributed by atoms with Gasteiger partial charge in [0.25, 0.3) is 0 Å². The molecule has 1 N–H and O–H groups in total. The summed E-state index contributed by atoms with van der Waals surface area (Å²) in [5.41, 5.74) is 4.80. The van der Waals surface area contributed by atoms with Gasteiger partial charge in [-0.3, -0.25) is 0 Å². The normalized spacial score (nSPS) is 10.3. The van der Waals surface area contributed by atoms with Gasteiger partial charge in [0.05, 0.1) is 11.6 Å². The lowest BCUT2D eigenvalue weighted by Gasteiger charge is -2.15. The van der Waals surface area contributed by atoms with Crippen LogP contribution in [0.3, 0.4) is 0 Å². The molecule has 0 saturated carbocycles. The number of anilines is 1. The first-order valence-electron chi connectivity index (χ1n) is 7.47. The second-order valence-corrected chi connectivity index (χ2v) is 6.16. The summed E-state index contributed by atoms with van der Waals surface area (Å²) in [5, 5.41) is 3.48. The Bertz CT molecular complexity index is 698. The molecule has 3 nitrogen and oxygen atoms in total. The molecule has 2 rings (SSSR count). The van der Waals surface area contributed by atoms with Gasteiger partial charge in [0.1, 0.15) is 6.61 Å². The lowest BCUT2D eigenvalue weighted by molar-refractivity contribution is 0.324. The van der Waals surface area contributed by atoms with E-state index in [1.165, 1.54) is 11.1 Å². The number of benzene rings is 2. The van der Waals surface area contributed by atoms with Gasteiger partial charge >= 0.3 is 0 Å². The van der Waals surface area contributed by atoms with Gasteiger partial charge in [0.15, 0.2) is 11.5 Å². The van der Waals surface area contributed by atoms with E-state index >= 15 is 0 Å². The Morgan fingerprint density at radius 3 is 2.74 bits per heavy atom. The fourth-order valence-corrected chi connectivity index (χ4v) is 2.90. The average molecular weight is 376 g/mol. The van der Waals surface area contributed by atoms with Crippen LogP contribution in [0.2, 0.25) is 0 Å². The van der Waals surface area contributed by atoms with Gasteiger partial charge in [-0.15, -0.1) is 0 Å². The zero-order valence-electron chi connectivity index (χ0n) is 13.8. The van der Waals surface area contributed by atoms with Crippen LogP contribution in [0.4, 0.5) is 5.69 Å². The minimum atomic E-state index is 0.440. The molecule has 0 atom stereocenters. The van der Waals surface area contributed by atoms with E-state index in [1.54, 1.807) is 13.2 Å². The molecule has 0 saturated heterocycles. The lowest BCUT2D eigenvalue weighted by Crippen LogP contribution is -2.04. The van der Waals surface area contributed by atoms with Crippen LogP contribution in [0.1, 0.15) is 16.7 Å². The number of rotatable bonds is 7. The van der Waals surface area contributed by atoms with Crippen LogP contribution in [-0.4, -0.2) is 13.7 Å². The van der Waals surface area contributed by atoms with Crippen LogP contribution in [0.5, 0.6) is 11.5 Å². The zero-order valence-corrected chi connectivity index (χ0v) is 15.4. The highest BCUT2D eigenvalue weighted by Crippen LogP contribution is 2.37. The van der Waals surface area contributed by atoms with Crippen LogP contribution >= 0.6 is 15.9 Å². The highest BCUT2D eigenvalue weighted by molar-refractivity contribution is 9.10. The second-order valence-electron chi connectivity index (χ2n) is 5.31. The Labute approximate surface area is 146 Å². The van der Waals surface area contributed by atoms with E-state index in [-0.39, 0.29) is 0 Å². The van der Waals surface area contributed by atoms with Crippen LogP contribution in [0.15, 0.2) is 47.5 Å². The van der Waals surface area contributed by atoms with Gasteiger partial charge in [-0.2, -0.15) is 0 Å². The molecule has 2 aromatic carbocycles. The molecule has 0 radical (unpaired) electrons. The van der Waals surface area contributed by atoms with Crippen molar-refractivity contribution in [1.29, 1.82) is 0 Å². The number of halogens is 1. The molecule has 0 aliphatic rings. The second kappa shape index (κ2) is 8.06. The van der Waals surface area contributed by atoms with Gasteiger partial charge in [-0.25, -0.2) is 0 Å². The van der Waals surface area contributed by atoms with Gasteiger partial charge in [-0.05, 0) is 64.7 Å². The summed E-state index contributed by atoms with van der Waals surface area (Å²) in [6, 6.07) is 10.3. The van der Waals surface area contributed by atoms with Crippen molar-refractivity contribution in [3.8, 4) is 11.5 Å². The average Bonchev–Trinajstić information content (AvgIpc) is 2.54. The van der Waals surface area contributed by atoms with E-state index in [0.29, 0.717) is 24.7 Å². The summed E-state index contributed by atoms with van der Waals surface area (Å²) in [4.78, 5) is 0. The molecule has 0 heterocycles. The zero-order chi connectivity index (χ0) is 16.8. The third-order valence-corrected chi connectivity index (χ3v) is 4.31. The number of hydrogen-bond donors (Lipinski definition) is 1. The topological polar surface area (TPSA) is 30.5 Å². The van der Waals surface area contributed by atoms with E-state index in [9.17, 15) is 0 Å². The van der Waals surface area contributed by atoms with Crippen molar-refractivity contribution in [3.63, 3.8) is 0 Å². The monoisotopic (exact) mass is 375 g/mol. The van der Waals surface area contributed by atoms with Crippen molar-refractivity contribution in [2.75, 3.05) is 19.0 Å². The molecule has 0 bridgehead atoms. The molecule has 23 heavy (non-hydrogen) atoms. The highest BCUT2D eigenvalue weighted by Gasteiger charge is 2.11. The standard InChI is InChI=1S/C19H22BrNO2/c1-5-9-23-19-16(20)10-15(11-18(19)22-4)12-21-17-8-6-7-13(2)14(17)3/h5-8,10-11,21H,1,9,12H2,2-4H3. The molecule has 0 aromatic heterocycles. The van der Waals surface area contributed by atoms with Gasteiger partial charge in [0, 0.05) is 12.2 Å². The maximum absolute atomic E-state index is 5.65. The van der Waals surface area contributed by atoms with Crippen LogP contribution in [0, 0.1) is 13.8 Å². The lowest BCUT2D eigenvalue weighted by atomic mass is 10.1. The first-order valence-corrected chi connectivity index (χ1v) is 8.26. The van der Waals surface area contributed by atoms with E-state index in [2.05, 4.69) is 59.9 Å². The van der Waals surface area contributed by atoms with Crippen molar-refractivity contribution in [2.45, 2.75) is 20.4 Å². The molecular weight excluding hydrogens is 354 g/mol. The molecule has 0 unspecified atom stereocenters. The molecule has 122 valence electrons. The largest absolute Gasteiger partial charge is 0.493 e. The summed E-state index contributed by atoms with van der Waals surface area (Å²) < 4.78 is 12.0. The minimum absolute atomic E-state index is 0.440. The van der Waals surface area contributed by atoms with Crippen LogP contribution < -0.4 is 14.8 Å². The van der Waals surface area contributed by atoms with Crippen molar-refractivity contribution in [3.05, 3.63) is 64.1 Å². The van der Waals surface area contributed by atoms with Gasteiger partial charge < -0.3 is 14.8 Å². The summed E-state index contributed by atoms with van der Waals surface area (Å²) in [7, 11) is 1.64. The van der Waals surface area contributed by atoms with Crippen molar-refractivity contribution in [2.24, 2.45) is 0 Å². The fourth-order valence-electron chi connectivity index (χ4n) is 2.30. The molecule has 0 fully saturated rings. The van der Waals surface area contributed by atoms with E-state index < -0.39 is 0 Å². The number of hydrogen-bond acceptors (Lipinski definition) is 3. The van der Waals surface area contributed by atoms with Crippen molar-refractivity contribution < 1.29 is 9.47 Å². The quantitative estimate of drug-likeness (QED) is 0.670. The third-order valence-electron chi connectivity index (χ3n) is 3.72. The molecular formula is C19H22BrNO2. The Balaban J connectivity index is 2.18. The smallest absolute Gasteiger partial charge is 0.175 e. The minimum Gasteiger partial charge on any atom is -0.493 e. The summed E-state index contributed by atoms with van der Waals surface area (Å²) in [5.74, 6) is 1.40. The fraction of sp³-hybridized carbons (Fsp3) is 0.263. The first kappa shape index (κ1) is 17.4. The van der Waals surface area contributed by atoms with Crippen LogP contribution in [-0.2, 0) is 6.54 Å². The number of aryl methyl sites for hydroxylation is 1. The first-order chi connectivity index (χ1) is 11.1. The maximum atomic E-state index is 5.65. The molecule has 0 spiro atoms. The SMILES string of the molecule is C=CCOc1c(Br)cc(CNc2cccc(C)c2C)cc1OC. The van der Waals surface area contributed by atoms with Crippen molar-refractivity contribution in [1.82, 2.24) is 0 Å². The summed E-state index contributed by atoms with van der Waals surface area (Å²) in [6.45, 7) is 9.06. The Morgan fingerprint density at radius 1 is 1.26 bits per heavy atom.